The molecule has 1 aromatic rings. The van der Waals surface area contributed by atoms with Crippen molar-refractivity contribution in [1.29, 1.82) is 0 Å². The summed E-state index contributed by atoms with van der Waals surface area (Å²) in [6.07, 6.45) is 4.61. The lowest BCUT2D eigenvalue weighted by Gasteiger charge is -2.04. The van der Waals surface area contributed by atoms with E-state index in [-0.39, 0.29) is 11.7 Å². The summed E-state index contributed by atoms with van der Waals surface area (Å²) in [6, 6.07) is 7.27. The highest BCUT2D eigenvalue weighted by Crippen LogP contribution is 2.13. The van der Waals surface area contributed by atoms with Crippen molar-refractivity contribution in [3.63, 3.8) is 0 Å². The number of halogens is 1. The second kappa shape index (κ2) is 5.39. The number of nitrogens with zero attached hydrogens (tertiary/aromatic N) is 1. The fourth-order valence-electron chi connectivity index (χ4n) is 1.52. The Balaban J connectivity index is 2.30. The average Bonchev–Trinajstić information content (AvgIpc) is 2.34. The van der Waals surface area contributed by atoms with Crippen LogP contribution in [0.1, 0.15) is 17.3 Å². The van der Waals surface area contributed by atoms with Gasteiger partial charge in [-0.05, 0) is 65.4 Å². The SMILES string of the molecule is CC1=CC(=NC(=O)c2ccccc2I)C=CC1=O. The lowest BCUT2D eigenvalue weighted by molar-refractivity contribution is -0.111. The Bertz CT molecular complexity index is 612. The minimum Gasteiger partial charge on any atom is -0.290 e. The van der Waals surface area contributed by atoms with E-state index in [2.05, 4.69) is 27.6 Å². The molecule has 1 aliphatic rings. The highest BCUT2D eigenvalue weighted by atomic mass is 127. The molecule has 1 aromatic carbocycles. The smallest absolute Gasteiger partial charge is 0.278 e. The summed E-state index contributed by atoms with van der Waals surface area (Å²) in [5, 5.41) is 0. The molecule has 90 valence electrons. The third-order valence-corrected chi connectivity index (χ3v) is 3.43. The van der Waals surface area contributed by atoms with Crippen LogP contribution in [0, 0.1) is 3.57 Å². The molecule has 0 atom stereocenters. The van der Waals surface area contributed by atoms with Crippen LogP contribution < -0.4 is 0 Å². The molecule has 0 unspecified atom stereocenters. The third-order valence-electron chi connectivity index (χ3n) is 2.49. The van der Waals surface area contributed by atoms with Gasteiger partial charge in [0, 0.05) is 3.57 Å². The van der Waals surface area contributed by atoms with Gasteiger partial charge in [-0.3, -0.25) is 9.59 Å². The largest absolute Gasteiger partial charge is 0.290 e. The van der Waals surface area contributed by atoms with Crippen molar-refractivity contribution in [2.24, 2.45) is 4.99 Å². The summed E-state index contributed by atoms with van der Waals surface area (Å²) >= 11 is 2.10. The van der Waals surface area contributed by atoms with Gasteiger partial charge < -0.3 is 0 Å². The molecule has 18 heavy (non-hydrogen) atoms. The summed E-state index contributed by atoms with van der Waals surface area (Å²) in [5.41, 5.74) is 1.67. The first-order valence-corrected chi connectivity index (χ1v) is 6.44. The number of allylic oxidation sites excluding steroid dienone is 4. The third kappa shape index (κ3) is 2.81. The molecule has 1 aliphatic carbocycles. The number of carbonyl (C=O) groups is 2. The van der Waals surface area contributed by atoms with E-state index in [1.165, 1.54) is 6.08 Å². The van der Waals surface area contributed by atoms with Crippen molar-refractivity contribution >= 4 is 40.0 Å². The van der Waals surface area contributed by atoms with Crippen LogP contribution in [0.2, 0.25) is 0 Å². The first kappa shape index (κ1) is 12.9. The molecule has 0 spiro atoms. The number of hydrogen-bond donors (Lipinski definition) is 0. The predicted molar refractivity (Wildman–Crippen MR) is 78.8 cm³/mol. The Morgan fingerprint density at radius 2 is 1.94 bits per heavy atom. The normalized spacial score (nSPS) is 16.9. The van der Waals surface area contributed by atoms with Crippen LogP contribution in [0.4, 0.5) is 0 Å². The first-order chi connectivity index (χ1) is 8.58. The van der Waals surface area contributed by atoms with Gasteiger partial charge in [-0.15, -0.1) is 0 Å². The first-order valence-electron chi connectivity index (χ1n) is 5.36. The molecule has 0 heterocycles. The van der Waals surface area contributed by atoms with Crippen molar-refractivity contribution in [2.45, 2.75) is 6.92 Å². The number of aliphatic imine (C=N–C) groups is 1. The Hall–Kier alpha value is -1.56. The summed E-state index contributed by atoms with van der Waals surface area (Å²) < 4.78 is 0.862. The number of benzene rings is 1. The van der Waals surface area contributed by atoms with Crippen molar-refractivity contribution in [3.05, 3.63) is 57.2 Å². The van der Waals surface area contributed by atoms with Gasteiger partial charge in [0.2, 0.25) is 0 Å². The van der Waals surface area contributed by atoms with E-state index in [0.717, 1.165) is 3.57 Å². The van der Waals surface area contributed by atoms with Gasteiger partial charge in [0.05, 0.1) is 11.3 Å². The van der Waals surface area contributed by atoms with Gasteiger partial charge >= 0.3 is 0 Å². The molecular formula is C14H10INO2. The van der Waals surface area contributed by atoms with Crippen LogP contribution in [-0.4, -0.2) is 17.4 Å². The molecule has 4 heteroatoms. The monoisotopic (exact) mass is 351 g/mol. The Labute approximate surface area is 118 Å². The van der Waals surface area contributed by atoms with Crippen LogP contribution in [0.25, 0.3) is 0 Å². The van der Waals surface area contributed by atoms with Gasteiger partial charge in [-0.1, -0.05) is 12.1 Å². The molecular weight excluding hydrogens is 341 g/mol. The average molecular weight is 351 g/mol. The molecule has 0 aromatic heterocycles. The van der Waals surface area contributed by atoms with Crippen LogP contribution in [0.5, 0.6) is 0 Å². The van der Waals surface area contributed by atoms with E-state index in [9.17, 15) is 9.59 Å². The fraction of sp³-hybridized carbons (Fsp3) is 0.0714. The lowest BCUT2D eigenvalue weighted by Crippen LogP contribution is -2.08. The minimum absolute atomic E-state index is 0.0457. The maximum Gasteiger partial charge on any atom is 0.278 e. The highest BCUT2D eigenvalue weighted by molar-refractivity contribution is 14.1. The number of amides is 1. The summed E-state index contributed by atoms with van der Waals surface area (Å²) in [7, 11) is 0. The van der Waals surface area contributed by atoms with E-state index >= 15 is 0 Å². The summed E-state index contributed by atoms with van der Waals surface area (Å²) in [5.74, 6) is -0.339. The molecule has 0 N–H and O–H groups in total. The highest BCUT2D eigenvalue weighted by Gasteiger charge is 2.11. The van der Waals surface area contributed by atoms with Crippen molar-refractivity contribution in [2.75, 3.05) is 0 Å². The second-order valence-corrected chi connectivity index (χ2v) is 5.01. The fourth-order valence-corrected chi connectivity index (χ4v) is 2.13. The van der Waals surface area contributed by atoms with Crippen LogP contribution in [0.3, 0.4) is 0 Å². The maximum absolute atomic E-state index is 12.0. The predicted octanol–water partition coefficient (Wildman–Crippen LogP) is 2.96. The number of hydrogen-bond acceptors (Lipinski definition) is 2. The number of carbonyl (C=O) groups excluding carboxylic acids is 2. The van der Waals surface area contributed by atoms with Crippen molar-refractivity contribution < 1.29 is 9.59 Å². The molecule has 0 saturated heterocycles. The zero-order chi connectivity index (χ0) is 13.1. The number of rotatable bonds is 1. The Morgan fingerprint density at radius 1 is 1.22 bits per heavy atom. The van der Waals surface area contributed by atoms with Gasteiger partial charge in [-0.2, -0.15) is 0 Å². The zero-order valence-corrected chi connectivity index (χ0v) is 11.8. The Morgan fingerprint density at radius 3 is 2.61 bits per heavy atom. The molecule has 0 aliphatic heterocycles. The van der Waals surface area contributed by atoms with Gasteiger partial charge in [-0.25, -0.2) is 4.99 Å². The summed E-state index contributed by atoms with van der Waals surface area (Å²) in [6.45, 7) is 1.71. The van der Waals surface area contributed by atoms with Gasteiger partial charge in [0.15, 0.2) is 5.78 Å². The number of ketones is 1. The van der Waals surface area contributed by atoms with E-state index in [0.29, 0.717) is 16.8 Å². The minimum atomic E-state index is -0.293. The van der Waals surface area contributed by atoms with Gasteiger partial charge in [0.25, 0.3) is 5.91 Å². The molecule has 2 rings (SSSR count). The molecule has 1 amide bonds. The topological polar surface area (TPSA) is 46.5 Å². The molecule has 0 fully saturated rings. The van der Waals surface area contributed by atoms with E-state index in [1.54, 1.807) is 31.2 Å². The summed E-state index contributed by atoms with van der Waals surface area (Å²) in [4.78, 5) is 27.2. The zero-order valence-electron chi connectivity index (χ0n) is 9.68. The van der Waals surface area contributed by atoms with Crippen LogP contribution in [-0.2, 0) is 4.79 Å². The lowest BCUT2D eigenvalue weighted by atomic mass is 10.1. The second-order valence-electron chi connectivity index (χ2n) is 3.85. The van der Waals surface area contributed by atoms with Crippen molar-refractivity contribution in [1.82, 2.24) is 0 Å². The quantitative estimate of drug-likeness (QED) is 0.577. The van der Waals surface area contributed by atoms with Crippen LogP contribution in [0.15, 0.2) is 53.1 Å². The Kier molecular flexibility index (Phi) is 3.86. The van der Waals surface area contributed by atoms with Crippen LogP contribution >= 0.6 is 22.6 Å². The van der Waals surface area contributed by atoms with E-state index in [1.807, 2.05) is 12.1 Å². The standard InChI is InChI=1S/C14H10INO2/c1-9-8-10(6-7-13(9)17)16-14(18)11-4-2-3-5-12(11)15/h2-8H,1H3. The molecule has 3 nitrogen and oxygen atoms in total. The van der Waals surface area contributed by atoms with E-state index in [4.69, 9.17) is 0 Å². The van der Waals surface area contributed by atoms with E-state index < -0.39 is 0 Å². The molecule has 0 radical (unpaired) electrons. The van der Waals surface area contributed by atoms with Crippen molar-refractivity contribution in [3.8, 4) is 0 Å². The van der Waals surface area contributed by atoms with Gasteiger partial charge in [0.1, 0.15) is 0 Å². The molecule has 0 saturated carbocycles. The maximum atomic E-state index is 12.0. The molecule has 0 bridgehead atoms.